The fourth-order valence-electron chi connectivity index (χ4n) is 3.50. The largest absolute Gasteiger partial charge is 0.451 e. The van der Waals surface area contributed by atoms with Crippen molar-refractivity contribution in [3.8, 4) is 0 Å². The SMILES string of the molecule is CC(C)Cn1c(C(C)OC(=O)c2ccccc2)nc2cnc3ccccc3c21. The standard InChI is InChI=1S/C23H23N3O2/c1-15(2)14-26-21-18-11-7-8-12-19(18)24-13-20(21)25-22(26)16(3)28-23(27)17-9-5-4-6-10-17/h4-13,15-16H,14H2,1-3H3. The normalized spacial score (nSPS) is 12.6. The molecule has 4 aromatic rings. The number of imidazole rings is 1. The lowest BCUT2D eigenvalue weighted by Crippen LogP contribution is -2.16. The summed E-state index contributed by atoms with van der Waals surface area (Å²) >= 11 is 0. The Labute approximate surface area is 164 Å². The van der Waals surface area contributed by atoms with Gasteiger partial charge < -0.3 is 9.30 Å². The number of para-hydroxylation sites is 1. The van der Waals surface area contributed by atoms with E-state index in [-0.39, 0.29) is 5.97 Å². The number of carbonyl (C=O) groups excluding carboxylic acids is 1. The van der Waals surface area contributed by atoms with Crippen molar-refractivity contribution in [1.82, 2.24) is 14.5 Å². The van der Waals surface area contributed by atoms with Crippen molar-refractivity contribution < 1.29 is 9.53 Å². The first-order chi connectivity index (χ1) is 13.5. The van der Waals surface area contributed by atoms with Crippen molar-refractivity contribution in [2.75, 3.05) is 0 Å². The van der Waals surface area contributed by atoms with Gasteiger partial charge in [-0.05, 0) is 31.0 Å². The molecule has 28 heavy (non-hydrogen) atoms. The minimum absolute atomic E-state index is 0.348. The van der Waals surface area contributed by atoms with E-state index in [1.54, 1.807) is 18.3 Å². The summed E-state index contributed by atoms with van der Waals surface area (Å²) in [6, 6.07) is 17.1. The first kappa shape index (κ1) is 18.2. The Morgan fingerprint density at radius 1 is 1.00 bits per heavy atom. The molecule has 1 unspecified atom stereocenters. The van der Waals surface area contributed by atoms with Crippen LogP contribution in [-0.2, 0) is 11.3 Å². The zero-order valence-electron chi connectivity index (χ0n) is 16.3. The predicted octanol–water partition coefficient (Wildman–Crippen LogP) is 5.16. The summed E-state index contributed by atoms with van der Waals surface area (Å²) in [6.07, 6.45) is 1.32. The van der Waals surface area contributed by atoms with Gasteiger partial charge in [-0.15, -0.1) is 0 Å². The summed E-state index contributed by atoms with van der Waals surface area (Å²) in [5.74, 6) is 0.811. The second-order valence-electron chi connectivity index (χ2n) is 7.40. The fraction of sp³-hybridized carbons (Fsp3) is 0.261. The van der Waals surface area contributed by atoms with Crippen LogP contribution in [0.5, 0.6) is 0 Å². The molecule has 5 nitrogen and oxygen atoms in total. The molecule has 2 aromatic heterocycles. The van der Waals surface area contributed by atoms with Crippen LogP contribution in [0.15, 0.2) is 60.8 Å². The zero-order chi connectivity index (χ0) is 19.7. The van der Waals surface area contributed by atoms with E-state index in [4.69, 9.17) is 9.72 Å². The van der Waals surface area contributed by atoms with Gasteiger partial charge in [-0.25, -0.2) is 9.78 Å². The van der Waals surface area contributed by atoms with Gasteiger partial charge in [0.1, 0.15) is 5.52 Å². The number of pyridine rings is 1. The van der Waals surface area contributed by atoms with Crippen LogP contribution in [0.1, 0.15) is 43.1 Å². The molecule has 0 amide bonds. The van der Waals surface area contributed by atoms with E-state index in [2.05, 4.69) is 29.5 Å². The highest BCUT2D eigenvalue weighted by Gasteiger charge is 2.22. The number of rotatable bonds is 5. The molecule has 5 heteroatoms. The lowest BCUT2D eigenvalue weighted by atomic mass is 10.1. The van der Waals surface area contributed by atoms with Gasteiger partial charge in [0.05, 0.1) is 22.8 Å². The maximum absolute atomic E-state index is 12.5. The first-order valence-corrected chi connectivity index (χ1v) is 9.54. The van der Waals surface area contributed by atoms with E-state index in [0.717, 1.165) is 34.3 Å². The summed E-state index contributed by atoms with van der Waals surface area (Å²) in [7, 11) is 0. The van der Waals surface area contributed by atoms with E-state index in [9.17, 15) is 4.79 Å². The van der Waals surface area contributed by atoms with Crippen LogP contribution < -0.4 is 0 Å². The average molecular weight is 373 g/mol. The third-order valence-electron chi connectivity index (χ3n) is 4.71. The number of hydrogen-bond acceptors (Lipinski definition) is 4. The topological polar surface area (TPSA) is 57.0 Å². The van der Waals surface area contributed by atoms with Gasteiger partial charge in [0, 0.05) is 11.9 Å². The van der Waals surface area contributed by atoms with Crippen molar-refractivity contribution in [2.24, 2.45) is 5.92 Å². The van der Waals surface area contributed by atoms with Gasteiger partial charge in [0.2, 0.25) is 0 Å². The van der Waals surface area contributed by atoms with Gasteiger partial charge in [0.15, 0.2) is 11.9 Å². The lowest BCUT2D eigenvalue weighted by molar-refractivity contribution is 0.0312. The second-order valence-corrected chi connectivity index (χ2v) is 7.40. The predicted molar refractivity (Wildman–Crippen MR) is 110 cm³/mol. The van der Waals surface area contributed by atoms with Crippen LogP contribution in [0.2, 0.25) is 0 Å². The maximum atomic E-state index is 12.5. The van der Waals surface area contributed by atoms with E-state index in [0.29, 0.717) is 11.5 Å². The molecule has 1 atom stereocenters. The molecule has 0 N–H and O–H groups in total. The number of ether oxygens (including phenoxy) is 1. The van der Waals surface area contributed by atoms with Gasteiger partial charge in [-0.2, -0.15) is 0 Å². The van der Waals surface area contributed by atoms with Crippen LogP contribution in [0.25, 0.3) is 21.9 Å². The number of benzene rings is 2. The summed E-state index contributed by atoms with van der Waals surface area (Å²) < 4.78 is 7.92. The Bertz CT molecular complexity index is 1130. The smallest absolute Gasteiger partial charge is 0.338 e. The molecule has 0 fully saturated rings. The van der Waals surface area contributed by atoms with E-state index >= 15 is 0 Å². The third-order valence-corrected chi connectivity index (χ3v) is 4.71. The number of aromatic nitrogens is 3. The summed E-state index contributed by atoms with van der Waals surface area (Å²) in [5.41, 5.74) is 3.32. The Hall–Kier alpha value is -3.21. The monoisotopic (exact) mass is 373 g/mol. The Balaban J connectivity index is 1.79. The average Bonchev–Trinajstić information content (AvgIpc) is 3.07. The van der Waals surface area contributed by atoms with Crippen LogP contribution >= 0.6 is 0 Å². The van der Waals surface area contributed by atoms with Crippen LogP contribution in [0.4, 0.5) is 0 Å². The van der Waals surface area contributed by atoms with Crippen LogP contribution in [-0.4, -0.2) is 20.5 Å². The number of hydrogen-bond donors (Lipinski definition) is 0. The van der Waals surface area contributed by atoms with Crippen molar-refractivity contribution in [1.29, 1.82) is 0 Å². The van der Waals surface area contributed by atoms with Crippen molar-refractivity contribution in [2.45, 2.75) is 33.4 Å². The van der Waals surface area contributed by atoms with Gasteiger partial charge in [-0.3, -0.25) is 4.98 Å². The molecule has 4 rings (SSSR count). The number of nitrogens with zero attached hydrogens (tertiary/aromatic N) is 3. The lowest BCUT2D eigenvalue weighted by Gasteiger charge is -2.17. The molecular weight excluding hydrogens is 350 g/mol. The molecule has 0 spiro atoms. The molecule has 0 aliphatic rings. The molecule has 142 valence electrons. The highest BCUT2D eigenvalue weighted by Crippen LogP contribution is 2.29. The first-order valence-electron chi connectivity index (χ1n) is 9.54. The molecular formula is C23H23N3O2. The summed E-state index contributed by atoms with van der Waals surface area (Å²) in [4.78, 5) is 21.8. The number of carbonyl (C=O) groups is 1. The minimum Gasteiger partial charge on any atom is -0.451 e. The summed E-state index contributed by atoms with van der Waals surface area (Å²) in [6.45, 7) is 6.99. The van der Waals surface area contributed by atoms with Crippen LogP contribution in [0, 0.1) is 5.92 Å². The van der Waals surface area contributed by atoms with Crippen molar-refractivity contribution >= 4 is 27.9 Å². The van der Waals surface area contributed by atoms with Crippen LogP contribution in [0.3, 0.4) is 0 Å². The molecule has 2 aromatic carbocycles. The molecule has 0 radical (unpaired) electrons. The molecule has 2 heterocycles. The molecule has 0 aliphatic heterocycles. The minimum atomic E-state index is -0.474. The Morgan fingerprint density at radius 3 is 2.46 bits per heavy atom. The molecule has 0 aliphatic carbocycles. The third kappa shape index (κ3) is 3.36. The zero-order valence-corrected chi connectivity index (χ0v) is 16.3. The molecule has 0 saturated carbocycles. The molecule has 0 bridgehead atoms. The highest BCUT2D eigenvalue weighted by atomic mass is 16.5. The second kappa shape index (κ2) is 7.43. The fourth-order valence-corrected chi connectivity index (χ4v) is 3.50. The molecule has 0 saturated heterocycles. The van der Waals surface area contributed by atoms with Crippen molar-refractivity contribution in [3.05, 3.63) is 72.2 Å². The Morgan fingerprint density at radius 2 is 1.71 bits per heavy atom. The maximum Gasteiger partial charge on any atom is 0.338 e. The van der Waals surface area contributed by atoms with Crippen molar-refractivity contribution in [3.63, 3.8) is 0 Å². The quantitative estimate of drug-likeness (QED) is 0.454. The highest BCUT2D eigenvalue weighted by molar-refractivity contribution is 6.02. The number of esters is 1. The summed E-state index contributed by atoms with van der Waals surface area (Å²) in [5, 5.41) is 1.06. The van der Waals surface area contributed by atoms with Gasteiger partial charge in [0.25, 0.3) is 0 Å². The van der Waals surface area contributed by atoms with E-state index < -0.39 is 6.10 Å². The van der Waals surface area contributed by atoms with E-state index in [1.807, 2.05) is 43.3 Å². The Kier molecular flexibility index (Phi) is 4.82. The van der Waals surface area contributed by atoms with E-state index in [1.165, 1.54) is 0 Å². The van der Waals surface area contributed by atoms with Gasteiger partial charge >= 0.3 is 5.97 Å². The van der Waals surface area contributed by atoms with Gasteiger partial charge in [-0.1, -0.05) is 50.2 Å². The number of fused-ring (bicyclic) bond motifs is 3.